The fourth-order valence-electron chi connectivity index (χ4n) is 4.85. The molecule has 0 unspecified atom stereocenters. The van der Waals surface area contributed by atoms with Gasteiger partial charge in [0.2, 0.25) is 10.0 Å². The molecule has 0 saturated carbocycles. The molecule has 1 saturated heterocycles. The van der Waals surface area contributed by atoms with Gasteiger partial charge in [-0.2, -0.15) is 4.31 Å². The van der Waals surface area contributed by atoms with Crippen molar-refractivity contribution in [2.24, 2.45) is 0 Å². The van der Waals surface area contributed by atoms with Crippen LogP contribution in [0.3, 0.4) is 0 Å². The number of hydrogen-bond acceptors (Lipinski definition) is 4. The van der Waals surface area contributed by atoms with Gasteiger partial charge in [-0.3, -0.25) is 4.31 Å². The lowest BCUT2D eigenvalue weighted by Gasteiger charge is -2.26. The van der Waals surface area contributed by atoms with Crippen LogP contribution >= 0.6 is 0 Å². The van der Waals surface area contributed by atoms with E-state index in [1.54, 1.807) is 28.6 Å². The molecule has 6 nitrogen and oxygen atoms in total. The maximum Gasteiger partial charge on any atom is 0.264 e. The molecule has 0 spiro atoms. The smallest absolute Gasteiger partial charge is 0.264 e. The lowest BCUT2D eigenvalue weighted by atomic mass is 10.1. The fraction of sp³-hybridized carbons (Fsp3) is 0.455. The van der Waals surface area contributed by atoms with Crippen molar-refractivity contribution in [1.82, 2.24) is 4.31 Å². The number of hydrogen-bond donors (Lipinski definition) is 0. The molecule has 0 amide bonds. The van der Waals surface area contributed by atoms with Gasteiger partial charge in [0, 0.05) is 19.6 Å². The van der Waals surface area contributed by atoms with Crippen molar-refractivity contribution < 1.29 is 16.8 Å². The van der Waals surface area contributed by atoms with Crippen molar-refractivity contribution in [1.29, 1.82) is 0 Å². The monoisotopic (exact) mass is 446 g/mol. The summed E-state index contributed by atoms with van der Waals surface area (Å²) in [5.41, 5.74) is 3.73. The summed E-state index contributed by atoms with van der Waals surface area (Å²) in [6.07, 6.45) is 6.35. The van der Waals surface area contributed by atoms with Crippen molar-refractivity contribution in [2.75, 3.05) is 23.9 Å². The number of fused-ring (bicyclic) bond motifs is 2. The SMILES string of the molecule is O=S(=O)(c1ccc2c(c1)CCN2S(=O)(=O)c1ccc2c(c1)CCC2)N1CCCCC1. The molecule has 2 heterocycles. The van der Waals surface area contributed by atoms with Crippen LogP contribution in [0.25, 0.3) is 0 Å². The van der Waals surface area contributed by atoms with Crippen molar-refractivity contribution in [3.63, 3.8) is 0 Å². The minimum Gasteiger partial charge on any atom is -0.266 e. The van der Waals surface area contributed by atoms with E-state index in [9.17, 15) is 16.8 Å². The minimum atomic E-state index is -3.67. The van der Waals surface area contributed by atoms with Crippen LogP contribution in [0.2, 0.25) is 0 Å². The molecule has 160 valence electrons. The number of aryl methyl sites for hydroxylation is 2. The standard InChI is InChI=1S/C22H26N2O4S2/c25-29(26,23-12-2-1-3-13-23)20-9-10-22-19(16-20)11-14-24(22)30(27,28)21-8-7-17-5-4-6-18(17)15-21/h7-10,15-16H,1-6,11-14H2. The van der Waals surface area contributed by atoms with Gasteiger partial charge in [0.25, 0.3) is 10.0 Å². The van der Waals surface area contributed by atoms with Crippen LogP contribution in [0.5, 0.6) is 0 Å². The molecular weight excluding hydrogens is 420 g/mol. The summed E-state index contributed by atoms with van der Waals surface area (Å²) >= 11 is 0. The van der Waals surface area contributed by atoms with E-state index in [0.29, 0.717) is 36.6 Å². The Hall–Kier alpha value is -1.90. The number of piperidine rings is 1. The summed E-state index contributed by atoms with van der Waals surface area (Å²) in [4.78, 5) is 0.584. The molecule has 5 rings (SSSR count). The number of sulfonamides is 2. The number of rotatable bonds is 4. The first-order chi connectivity index (χ1) is 14.4. The number of nitrogens with zero attached hydrogens (tertiary/aromatic N) is 2. The third kappa shape index (κ3) is 3.25. The van der Waals surface area contributed by atoms with Gasteiger partial charge in [0.15, 0.2) is 0 Å². The normalized spacial score (nSPS) is 19.7. The minimum absolute atomic E-state index is 0.264. The van der Waals surface area contributed by atoms with Crippen LogP contribution < -0.4 is 4.31 Å². The Kier molecular flexibility index (Phi) is 4.91. The summed E-state index contributed by atoms with van der Waals surface area (Å²) in [5.74, 6) is 0. The molecular formula is C22H26N2O4S2. The third-order valence-electron chi connectivity index (χ3n) is 6.51. The largest absolute Gasteiger partial charge is 0.266 e. The molecule has 8 heteroatoms. The predicted molar refractivity (Wildman–Crippen MR) is 116 cm³/mol. The van der Waals surface area contributed by atoms with Crippen molar-refractivity contribution in [3.8, 4) is 0 Å². The summed E-state index contributed by atoms with van der Waals surface area (Å²) < 4.78 is 55.6. The molecule has 0 bridgehead atoms. The Labute approximate surface area is 178 Å². The highest BCUT2D eigenvalue weighted by Crippen LogP contribution is 2.36. The van der Waals surface area contributed by atoms with E-state index in [2.05, 4.69) is 0 Å². The second-order valence-corrected chi connectivity index (χ2v) is 12.2. The molecule has 2 aliphatic heterocycles. The van der Waals surface area contributed by atoms with Gasteiger partial charge in [0.05, 0.1) is 15.5 Å². The summed E-state index contributed by atoms with van der Waals surface area (Å²) in [6.45, 7) is 1.44. The van der Waals surface area contributed by atoms with Gasteiger partial charge in [-0.05, 0) is 85.5 Å². The predicted octanol–water partition coefficient (Wildman–Crippen LogP) is 3.10. The average molecular weight is 447 g/mol. The zero-order chi connectivity index (χ0) is 20.9. The highest BCUT2D eigenvalue weighted by atomic mass is 32.2. The van der Waals surface area contributed by atoms with Gasteiger partial charge < -0.3 is 0 Å². The van der Waals surface area contributed by atoms with Crippen molar-refractivity contribution >= 4 is 25.7 Å². The molecule has 1 aliphatic carbocycles. The lowest BCUT2D eigenvalue weighted by Crippen LogP contribution is -2.35. The fourth-order valence-corrected chi connectivity index (χ4v) is 7.97. The molecule has 3 aliphatic rings. The molecule has 0 atom stereocenters. The number of anilines is 1. The maximum atomic E-state index is 13.3. The summed E-state index contributed by atoms with van der Waals surface area (Å²) in [5, 5.41) is 0. The Morgan fingerprint density at radius 3 is 2.07 bits per heavy atom. The van der Waals surface area contributed by atoms with Gasteiger partial charge in [-0.15, -0.1) is 0 Å². The molecule has 0 N–H and O–H groups in total. The van der Waals surface area contributed by atoms with Crippen LogP contribution in [-0.2, 0) is 39.3 Å². The van der Waals surface area contributed by atoms with E-state index in [0.717, 1.165) is 49.7 Å². The summed E-state index contributed by atoms with van der Waals surface area (Å²) in [6, 6.07) is 10.3. The van der Waals surface area contributed by atoms with Crippen LogP contribution in [0.1, 0.15) is 42.4 Å². The summed E-state index contributed by atoms with van der Waals surface area (Å²) in [7, 11) is -7.20. The molecule has 30 heavy (non-hydrogen) atoms. The first-order valence-corrected chi connectivity index (χ1v) is 13.5. The second-order valence-electron chi connectivity index (χ2n) is 8.37. The van der Waals surface area contributed by atoms with E-state index in [-0.39, 0.29) is 4.90 Å². The second kappa shape index (κ2) is 7.35. The van der Waals surface area contributed by atoms with Gasteiger partial charge in [-0.1, -0.05) is 12.5 Å². The zero-order valence-electron chi connectivity index (χ0n) is 16.9. The maximum absolute atomic E-state index is 13.3. The van der Waals surface area contributed by atoms with E-state index in [1.807, 2.05) is 12.1 Å². The lowest BCUT2D eigenvalue weighted by molar-refractivity contribution is 0.346. The van der Waals surface area contributed by atoms with Crippen LogP contribution in [-0.4, -0.2) is 40.8 Å². The molecule has 1 fully saturated rings. The van der Waals surface area contributed by atoms with E-state index >= 15 is 0 Å². The first kappa shape index (κ1) is 20.0. The van der Waals surface area contributed by atoms with Crippen LogP contribution in [0.4, 0.5) is 5.69 Å². The highest BCUT2D eigenvalue weighted by molar-refractivity contribution is 7.92. The van der Waals surface area contributed by atoms with Gasteiger partial charge in [0.1, 0.15) is 0 Å². The van der Waals surface area contributed by atoms with E-state index in [1.165, 1.54) is 9.87 Å². The Bertz CT molecular complexity index is 1200. The molecule has 2 aromatic carbocycles. The highest BCUT2D eigenvalue weighted by Gasteiger charge is 2.33. The molecule has 0 radical (unpaired) electrons. The van der Waals surface area contributed by atoms with Crippen molar-refractivity contribution in [2.45, 2.75) is 54.7 Å². The zero-order valence-corrected chi connectivity index (χ0v) is 18.5. The topological polar surface area (TPSA) is 74.8 Å². The Morgan fingerprint density at radius 1 is 0.600 bits per heavy atom. The molecule has 0 aromatic heterocycles. The quantitative estimate of drug-likeness (QED) is 0.723. The first-order valence-electron chi connectivity index (χ1n) is 10.6. The Morgan fingerprint density at radius 2 is 1.27 bits per heavy atom. The van der Waals surface area contributed by atoms with Crippen molar-refractivity contribution in [3.05, 3.63) is 53.1 Å². The van der Waals surface area contributed by atoms with E-state index in [4.69, 9.17) is 0 Å². The number of benzene rings is 2. The Balaban J connectivity index is 1.46. The third-order valence-corrected chi connectivity index (χ3v) is 10.2. The van der Waals surface area contributed by atoms with Gasteiger partial charge >= 0.3 is 0 Å². The van der Waals surface area contributed by atoms with Gasteiger partial charge in [-0.25, -0.2) is 16.8 Å². The van der Waals surface area contributed by atoms with E-state index < -0.39 is 20.0 Å². The van der Waals surface area contributed by atoms with Crippen LogP contribution in [0, 0.1) is 0 Å². The molecule has 2 aromatic rings. The van der Waals surface area contributed by atoms with Crippen LogP contribution in [0.15, 0.2) is 46.2 Å². The average Bonchev–Trinajstić information content (AvgIpc) is 3.40.